The van der Waals surface area contributed by atoms with Crippen molar-refractivity contribution >= 4 is 0 Å². The van der Waals surface area contributed by atoms with E-state index in [1.54, 1.807) is 0 Å². The molecule has 2 heteroatoms. The first-order chi connectivity index (χ1) is 13.0. The second-order valence-corrected chi connectivity index (χ2v) is 7.31. The van der Waals surface area contributed by atoms with Gasteiger partial charge in [-0.25, -0.2) is 0 Å². The predicted octanol–water partition coefficient (Wildman–Crippen LogP) is 6.44. The number of hydrogen-bond donors (Lipinski definition) is 0. The van der Waals surface area contributed by atoms with Gasteiger partial charge < -0.3 is 9.47 Å². The molecule has 0 unspecified atom stereocenters. The van der Waals surface area contributed by atoms with Gasteiger partial charge in [-0.3, -0.25) is 0 Å². The number of hydrogen-bond acceptors (Lipinski definition) is 2. The SMILES string of the molecule is CC(C)Oc1ccc(C(c2ccccc2)c2ccc(OC(C)C)cc2)cc1. The summed E-state index contributed by atoms with van der Waals surface area (Å²) in [5, 5.41) is 0. The number of benzene rings is 3. The van der Waals surface area contributed by atoms with E-state index in [1.807, 2.05) is 27.7 Å². The van der Waals surface area contributed by atoms with Gasteiger partial charge in [0.05, 0.1) is 12.2 Å². The third-order valence-electron chi connectivity index (χ3n) is 4.30. The van der Waals surface area contributed by atoms with Crippen LogP contribution in [0.2, 0.25) is 0 Å². The maximum Gasteiger partial charge on any atom is 0.119 e. The van der Waals surface area contributed by atoms with Gasteiger partial charge in [0.15, 0.2) is 0 Å². The highest BCUT2D eigenvalue weighted by Crippen LogP contribution is 2.33. The van der Waals surface area contributed by atoms with Gasteiger partial charge in [-0.2, -0.15) is 0 Å². The van der Waals surface area contributed by atoms with E-state index in [-0.39, 0.29) is 18.1 Å². The van der Waals surface area contributed by atoms with Crippen molar-refractivity contribution in [2.75, 3.05) is 0 Å². The van der Waals surface area contributed by atoms with Gasteiger partial charge in [-0.05, 0) is 68.7 Å². The summed E-state index contributed by atoms with van der Waals surface area (Å²) in [6, 6.07) is 27.5. The zero-order chi connectivity index (χ0) is 19.2. The van der Waals surface area contributed by atoms with Crippen LogP contribution in [0.4, 0.5) is 0 Å². The van der Waals surface area contributed by atoms with Gasteiger partial charge in [0.25, 0.3) is 0 Å². The van der Waals surface area contributed by atoms with Crippen molar-refractivity contribution in [3.8, 4) is 11.5 Å². The van der Waals surface area contributed by atoms with Crippen LogP contribution in [0.15, 0.2) is 78.9 Å². The quantitative estimate of drug-likeness (QED) is 0.451. The third-order valence-corrected chi connectivity index (χ3v) is 4.30. The van der Waals surface area contributed by atoms with Crippen molar-refractivity contribution in [2.45, 2.75) is 45.8 Å². The summed E-state index contributed by atoms with van der Waals surface area (Å²) in [7, 11) is 0. The largest absolute Gasteiger partial charge is 0.491 e. The molecule has 27 heavy (non-hydrogen) atoms. The lowest BCUT2D eigenvalue weighted by Gasteiger charge is -2.20. The lowest BCUT2D eigenvalue weighted by molar-refractivity contribution is 0.242. The molecule has 0 aromatic heterocycles. The molecular weight excluding hydrogens is 332 g/mol. The molecule has 0 aliphatic carbocycles. The van der Waals surface area contributed by atoms with Crippen molar-refractivity contribution in [1.82, 2.24) is 0 Å². The zero-order valence-corrected chi connectivity index (χ0v) is 16.6. The lowest BCUT2D eigenvalue weighted by atomic mass is 9.85. The molecule has 0 atom stereocenters. The molecule has 0 aliphatic rings. The van der Waals surface area contributed by atoms with Crippen molar-refractivity contribution in [1.29, 1.82) is 0 Å². The minimum absolute atomic E-state index is 0.174. The fourth-order valence-corrected chi connectivity index (χ4v) is 3.24. The Labute approximate surface area is 162 Å². The predicted molar refractivity (Wildman–Crippen MR) is 112 cm³/mol. The molecule has 0 radical (unpaired) electrons. The maximum atomic E-state index is 5.80. The van der Waals surface area contributed by atoms with E-state index >= 15 is 0 Å². The van der Waals surface area contributed by atoms with E-state index in [0.29, 0.717) is 0 Å². The van der Waals surface area contributed by atoms with E-state index in [2.05, 4.69) is 78.9 Å². The van der Waals surface area contributed by atoms with Crippen LogP contribution < -0.4 is 9.47 Å². The van der Waals surface area contributed by atoms with E-state index in [0.717, 1.165) is 11.5 Å². The minimum atomic E-state index is 0.174. The Balaban J connectivity index is 1.94. The van der Waals surface area contributed by atoms with Crippen LogP contribution in [0.3, 0.4) is 0 Å². The maximum absolute atomic E-state index is 5.80. The van der Waals surface area contributed by atoms with Crippen LogP contribution in [-0.4, -0.2) is 12.2 Å². The van der Waals surface area contributed by atoms with Crippen LogP contribution in [0.1, 0.15) is 50.3 Å². The van der Waals surface area contributed by atoms with Crippen molar-refractivity contribution in [3.05, 3.63) is 95.6 Å². The van der Waals surface area contributed by atoms with Gasteiger partial charge in [-0.1, -0.05) is 54.6 Å². The highest BCUT2D eigenvalue weighted by atomic mass is 16.5. The summed E-state index contributed by atoms with van der Waals surface area (Å²) in [6.45, 7) is 8.17. The van der Waals surface area contributed by atoms with Gasteiger partial charge in [0, 0.05) is 5.92 Å². The van der Waals surface area contributed by atoms with E-state index in [4.69, 9.17) is 9.47 Å². The summed E-state index contributed by atoms with van der Waals surface area (Å²) in [6.07, 6.45) is 0.351. The average molecular weight is 360 g/mol. The molecule has 140 valence electrons. The van der Waals surface area contributed by atoms with Crippen LogP contribution in [-0.2, 0) is 0 Å². The van der Waals surface area contributed by atoms with Crippen LogP contribution in [0.25, 0.3) is 0 Å². The molecule has 3 aromatic rings. The Morgan fingerprint density at radius 3 is 1.22 bits per heavy atom. The molecule has 0 saturated carbocycles. The summed E-state index contributed by atoms with van der Waals surface area (Å²) < 4.78 is 11.6. The molecule has 0 fully saturated rings. The molecule has 0 N–H and O–H groups in total. The fraction of sp³-hybridized carbons (Fsp3) is 0.280. The van der Waals surface area contributed by atoms with Gasteiger partial charge in [0.2, 0.25) is 0 Å². The van der Waals surface area contributed by atoms with Crippen LogP contribution in [0.5, 0.6) is 11.5 Å². The summed E-state index contributed by atoms with van der Waals surface area (Å²) >= 11 is 0. The summed E-state index contributed by atoms with van der Waals surface area (Å²) in [4.78, 5) is 0. The first-order valence-electron chi connectivity index (χ1n) is 9.61. The van der Waals surface area contributed by atoms with Crippen LogP contribution in [0, 0.1) is 0 Å². The normalized spacial score (nSPS) is 11.2. The lowest BCUT2D eigenvalue weighted by Crippen LogP contribution is -2.07. The van der Waals surface area contributed by atoms with E-state index in [1.165, 1.54) is 16.7 Å². The first-order valence-corrected chi connectivity index (χ1v) is 9.61. The molecule has 0 saturated heterocycles. The van der Waals surface area contributed by atoms with E-state index < -0.39 is 0 Å². The summed E-state index contributed by atoms with van der Waals surface area (Å²) in [5.41, 5.74) is 3.76. The first kappa shape index (κ1) is 19.0. The molecule has 3 rings (SSSR count). The van der Waals surface area contributed by atoms with Gasteiger partial charge in [0.1, 0.15) is 11.5 Å². The monoisotopic (exact) mass is 360 g/mol. The smallest absolute Gasteiger partial charge is 0.119 e. The molecule has 0 spiro atoms. The topological polar surface area (TPSA) is 18.5 Å². The molecule has 3 aromatic carbocycles. The summed E-state index contributed by atoms with van der Waals surface area (Å²) in [5.74, 6) is 1.98. The van der Waals surface area contributed by atoms with E-state index in [9.17, 15) is 0 Å². The number of ether oxygens (including phenoxy) is 2. The Morgan fingerprint density at radius 1 is 0.481 bits per heavy atom. The van der Waals surface area contributed by atoms with Crippen molar-refractivity contribution < 1.29 is 9.47 Å². The van der Waals surface area contributed by atoms with Crippen molar-refractivity contribution in [3.63, 3.8) is 0 Å². The number of rotatable bonds is 7. The second kappa shape index (κ2) is 8.77. The van der Waals surface area contributed by atoms with Gasteiger partial charge in [-0.15, -0.1) is 0 Å². The molecule has 0 bridgehead atoms. The standard InChI is InChI=1S/C25H28O2/c1-18(2)26-23-14-10-21(11-15-23)25(20-8-6-5-7-9-20)22-12-16-24(17-13-22)27-19(3)4/h5-19,25H,1-4H3. The molecule has 2 nitrogen and oxygen atoms in total. The van der Waals surface area contributed by atoms with Crippen LogP contribution >= 0.6 is 0 Å². The zero-order valence-electron chi connectivity index (χ0n) is 16.6. The second-order valence-electron chi connectivity index (χ2n) is 7.31. The third kappa shape index (κ3) is 5.13. The molecular formula is C25H28O2. The Hall–Kier alpha value is -2.74. The molecule has 0 amide bonds. The Morgan fingerprint density at radius 2 is 0.852 bits per heavy atom. The fourth-order valence-electron chi connectivity index (χ4n) is 3.24. The average Bonchev–Trinajstić information content (AvgIpc) is 2.65. The Kier molecular flexibility index (Phi) is 6.18. The molecule has 0 aliphatic heterocycles. The molecule has 0 heterocycles. The van der Waals surface area contributed by atoms with Crippen molar-refractivity contribution in [2.24, 2.45) is 0 Å². The minimum Gasteiger partial charge on any atom is -0.491 e. The highest BCUT2D eigenvalue weighted by molar-refractivity contribution is 5.45. The highest BCUT2D eigenvalue weighted by Gasteiger charge is 2.17. The van der Waals surface area contributed by atoms with Gasteiger partial charge >= 0.3 is 0 Å². The Bertz CT molecular complexity index is 765.